The Balaban J connectivity index is -0.00000512. The number of esters is 2. The molecular weight excluding hydrogens is 595 g/mol. The molecule has 0 radical (unpaired) electrons. The maximum absolute atomic E-state index is 12.0. The number of aliphatic hydroxyl groups is 1. The van der Waals surface area contributed by atoms with Gasteiger partial charge in [-0.3, -0.25) is 24.0 Å². The van der Waals surface area contributed by atoms with Crippen LogP contribution in [0.25, 0.3) is 0 Å². The fourth-order valence-corrected chi connectivity index (χ4v) is 2.40. The molecule has 7 N–H and O–H groups in total. The first-order valence-corrected chi connectivity index (χ1v) is 8.43. The van der Waals surface area contributed by atoms with Crippen LogP contribution in [-0.4, -0.2) is 101 Å². The van der Waals surface area contributed by atoms with Gasteiger partial charge in [-0.2, -0.15) is 0 Å². The molecule has 0 aromatic rings. The van der Waals surface area contributed by atoms with E-state index in [-0.39, 0.29) is 39.0 Å². The zero-order chi connectivity index (χ0) is 26.1. The van der Waals surface area contributed by atoms with Crippen LogP contribution < -0.4 is 0 Å². The Labute approximate surface area is 219 Å². The monoisotopic (exact) mass is 610 g/mol. The van der Waals surface area contributed by atoms with Gasteiger partial charge in [-0.1, -0.05) is 0 Å². The van der Waals surface area contributed by atoms with E-state index in [0.717, 1.165) is 0 Å². The molecule has 0 rings (SSSR count). The Hall–Kier alpha value is -3.03. The van der Waals surface area contributed by atoms with Crippen LogP contribution in [0.15, 0.2) is 0 Å². The molecule has 0 aliphatic rings. The third-order valence-electron chi connectivity index (χ3n) is 3.76. The molecule has 19 heteroatoms. The fraction of sp³-hybridized carbons (Fsp3) is 0.500. The summed E-state index contributed by atoms with van der Waals surface area (Å²) in [5.74, 6) is -15.9. The predicted octanol–water partition coefficient (Wildman–Crippen LogP) is -2.64. The summed E-state index contributed by atoms with van der Waals surface area (Å²) in [7, 11) is 0. The number of hydrogen-bond acceptors (Lipinski definition) is 11. The minimum absolute atomic E-state index is 0. The summed E-state index contributed by atoms with van der Waals surface area (Å²) in [4.78, 5) is 90.3. The normalized spacial score (nSPS) is 11.5. The summed E-state index contributed by atoms with van der Waals surface area (Å²) in [6, 6.07) is 0. The number of aliphatic carboxylic acids is 6. The number of carboxylic acids is 6. The molecule has 0 fully saturated rings. The van der Waals surface area contributed by atoms with Gasteiger partial charge in [0.25, 0.3) is 0 Å². The Bertz CT molecular complexity index is 834. The molecule has 0 aromatic heterocycles. The van der Waals surface area contributed by atoms with E-state index in [0.29, 0.717) is 0 Å². The van der Waals surface area contributed by atoms with Crippen LogP contribution in [0, 0.1) is 0 Å². The van der Waals surface area contributed by atoms with Crippen LogP contribution >= 0.6 is 0 Å². The molecular formula is C16H18O17Zn2. The van der Waals surface area contributed by atoms with Crippen LogP contribution in [-0.2, 0) is 86.8 Å². The minimum Gasteiger partial charge on any atom is -0.481 e. The van der Waals surface area contributed by atoms with E-state index in [4.69, 9.17) is 30.6 Å². The summed E-state index contributed by atoms with van der Waals surface area (Å²) < 4.78 is 8.70. The van der Waals surface area contributed by atoms with E-state index in [1.807, 2.05) is 0 Å². The number of carbonyl (C=O) groups is 8. The van der Waals surface area contributed by atoms with Crippen molar-refractivity contribution in [2.45, 2.75) is 49.4 Å². The van der Waals surface area contributed by atoms with Crippen molar-refractivity contribution in [3.8, 4) is 0 Å². The smallest absolute Gasteiger partial charge is 0.349 e. The second kappa shape index (κ2) is 15.1. The molecule has 0 aliphatic heterocycles. The van der Waals surface area contributed by atoms with Gasteiger partial charge in [0, 0.05) is 39.0 Å². The van der Waals surface area contributed by atoms with Crippen molar-refractivity contribution in [3.05, 3.63) is 0 Å². The molecule has 0 saturated carbocycles. The van der Waals surface area contributed by atoms with E-state index < -0.39 is 97.2 Å². The SMILES string of the molecule is O=C(O)CC(CC(=O)O)(OC(=O)CC(O)C(=O)OC(CC(=O)O)(CC(=O)O)C(=O)O)C(=O)O.[Zn].[Zn]. The van der Waals surface area contributed by atoms with Gasteiger partial charge in [0.1, 0.15) is 0 Å². The predicted molar refractivity (Wildman–Crippen MR) is 92.6 cm³/mol. The zero-order valence-electron chi connectivity index (χ0n) is 17.7. The van der Waals surface area contributed by atoms with Gasteiger partial charge in [-0.25, -0.2) is 14.4 Å². The van der Waals surface area contributed by atoms with Crippen LogP contribution in [0.5, 0.6) is 0 Å². The molecule has 0 spiro atoms. The minimum atomic E-state index is -3.20. The molecule has 188 valence electrons. The van der Waals surface area contributed by atoms with Gasteiger partial charge in [-0.15, -0.1) is 0 Å². The van der Waals surface area contributed by atoms with E-state index >= 15 is 0 Å². The molecule has 17 nitrogen and oxygen atoms in total. The van der Waals surface area contributed by atoms with Gasteiger partial charge < -0.3 is 45.2 Å². The van der Waals surface area contributed by atoms with Crippen LogP contribution in [0.1, 0.15) is 32.1 Å². The summed E-state index contributed by atoms with van der Waals surface area (Å²) in [6.07, 6.45) is -10.4. The van der Waals surface area contributed by atoms with Crippen molar-refractivity contribution in [3.63, 3.8) is 0 Å². The summed E-state index contributed by atoms with van der Waals surface area (Å²) >= 11 is 0. The third-order valence-corrected chi connectivity index (χ3v) is 3.76. The number of carbonyl (C=O) groups excluding carboxylic acids is 2. The second-order valence-corrected chi connectivity index (χ2v) is 6.50. The van der Waals surface area contributed by atoms with Crippen molar-refractivity contribution in [2.75, 3.05) is 0 Å². The molecule has 0 amide bonds. The number of ether oxygens (including phenoxy) is 2. The third kappa shape index (κ3) is 11.8. The average Bonchev–Trinajstić information content (AvgIpc) is 2.58. The van der Waals surface area contributed by atoms with Gasteiger partial charge >= 0.3 is 47.8 Å². The maximum Gasteiger partial charge on any atom is 0.349 e. The maximum atomic E-state index is 12.0. The van der Waals surface area contributed by atoms with E-state index in [2.05, 4.69) is 9.47 Å². The molecule has 0 aliphatic carbocycles. The number of hydrogen-bond donors (Lipinski definition) is 7. The van der Waals surface area contributed by atoms with E-state index in [1.54, 1.807) is 0 Å². The largest absolute Gasteiger partial charge is 0.481 e. The molecule has 35 heavy (non-hydrogen) atoms. The number of aliphatic hydroxyl groups excluding tert-OH is 1. The van der Waals surface area contributed by atoms with Crippen molar-refractivity contribution in [1.82, 2.24) is 0 Å². The summed E-state index contributed by atoms with van der Waals surface area (Å²) in [5.41, 5.74) is -6.34. The molecule has 0 saturated heterocycles. The summed E-state index contributed by atoms with van der Waals surface area (Å²) in [5, 5.41) is 63.3. The Kier molecular flexibility index (Phi) is 15.7. The van der Waals surface area contributed by atoms with Gasteiger partial charge in [0.2, 0.25) is 11.2 Å². The van der Waals surface area contributed by atoms with Crippen molar-refractivity contribution < 1.29 is 123 Å². The van der Waals surface area contributed by atoms with Crippen molar-refractivity contribution >= 4 is 47.8 Å². The van der Waals surface area contributed by atoms with E-state index in [9.17, 15) is 43.5 Å². The van der Waals surface area contributed by atoms with Gasteiger partial charge in [-0.05, 0) is 0 Å². The topological polar surface area (TPSA) is 297 Å². The van der Waals surface area contributed by atoms with Gasteiger partial charge in [0.05, 0.1) is 32.1 Å². The van der Waals surface area contributed by atoms with Gasteiger partial charge in [0.15, 0.2) is 6.10 Å². The summed E-state index contributed by atoms with van der Waals surface area (Å²) in [6.45, 7) is 0. The van der Waals surface area contributed by atoms with Crippen molar-refractivity contribution in [2.24, 2.45) is 0 Å². The first-order chi connectivity index (χ1) is 15.0. The molecule has 0 heterocycles. The Morgan fingerprint density at radius 3 is 1.11 bits per heavy atom. The zero-order valence-corrected chi connectivity index (χ0v) is 23.7. The molecule has 1 unspecified atom stereocenters. The molecule has 1 atom stereocenters. The Morgan fingerprint density at radius 1 is 0.571 bits per heavy atom. The van der Waals surface area contributed by atoms with Crippen molar-refractivity contribution in [1.29, 1.82) is 0 Å². The fourth-order valence-electron chi connectivity index (χ4n) is 2.40. The van der Waals surface area contributed by atoms with Crippen LogP contribution in [0.3, 0.4) is 0 Å². The quantitative estimate of drug-likeness (QED) is 0.0734. The number of carboxylic acid groups (broad SMARTS) is 6. The van der Waals surface area contributed by atoms with E-state index in [1.165, 1.54) is 0 Å². The Morgan fingerprint density at radius 2 is 0.857 bits per heavy atom. The average molecular weight is 613 g/mol. The van der Waals surface area contributed by atoms with Crippen LogP contribution in [0.4, 0.5) is 0 Å². The molecule has 0 aromatic carbocycles. The standard InChI is InChI=1S/C16H18O17.2Zn/c17-6(12(27)33-16(14(30)31,4-9(22)23)5-10(24)25)1-11(26)32-15(13(28)29,2-7(18)19)3-8(20)21;;/h6,17H,1-5H2,(H,18,19)(H,20,21)(H,22,23)(H,24,25)(H,28,29)(H,30,31);;. The first kappa shape index (κ1) is 36.5. The first-order valence-electron chi connectivity index (χ1n) is 8.43. The van der Waals surface area contributed by atoms with Crippen LogP contribution in [0.2, 0.25) is 0 Å². The second-order valence-electron chi connectivity index (χ2n) is 6.50. The number of rotatable bonds is 15. The molecule has 0 bridgehead atoms.